The minimum Gasteiger partial charge on any atom is -0.464 e. The second-order valence-corrected chi connectivity index (χ2v) is 4.87. The molecular weight excluding hydrogens is 236 g/mol. The van der Waals surface area contributed by atoms with Gasteiger partial charge in [0.1, 0.15) is 5.76 Å². The van der Waals surface area contributed by atoms with E-state index in [1.54, 1.807) is 6.26 Å². The Morgan fingerprint density at radius 2 is 2.05 bits per heavy atom. The number of pyridine rings is 1. The molecule has 0 bridgehead atoms. The highest BCUT2D eigenvalue weighted by molar-refractivity contribution is 5.93. The number of benzene rings is 1. The van der Waals surface area contributed by atoms with Gasteiger partial charge in [0.25, 0.3) is 0 Å². The lowest BCUT2D eigenvalue weighted by Gasteiger charge is -2.12. The van der Waals surface area contributed by atoms with Crippen LogP contribution in [0.2, 0.25) is 0 Å². The Kier molecular flexibility index (Phi) is 2.95. The zero-order chi connectivity index (χ0) is 13.2. The van der Waals surface area contributed by atoms with E-state index in [2.05, 4.69) is 42.3 Å². The lowest BCUT2D eigenvalue weighted by atomic mass is 10.1. The molecule has 0 unspecified atom stereocenters. The van der Waals surface area contributed by atoms with E-state index in [1.807, 2.05) is 24.4 Å². The summed E-state index contributed by atoms with van der Waals surface area (Å²) in [5, 5.41) is 4.57. The van der Waals surface area contributed by atoms with Crippen molar-refractivity contribution in [2.75, 3.05) is 5.32 Å². The average Bonchev–Trinajstić information content (AvgIpc) is 2.91. The highest BCUT2D eigenvalue weighted by atomic mass is 16.3. The van der Waals surface area contributed by atoms with Crippen molar-refractivity contribution in [2.45, 2.75) is 19.9 Å². The predicted molar refractivity (Wildman–Crippen MR) is 78.2 cm³/mol. The summed E-state index contributed by atoms with van der Waals surface area (Å²) in [5.74, 6) is 0.867. The van der Waals surface area contributed by atoms with Crippen molar-refractivity contribution in [3.63, 3.8) is 0 Å². The Balaban J connectivity index is 2.10. The molecule has 0 aliphatic carbocycles. The van der Waals surface area contributed by atoms with Gasteiger partial charge in [-0.2, -0.15) is 0 Å². The molecule has 0 saturated heterocycles. The lowest BCUT2D eigenvalue weighted by Crippen LogP contribution is -2.09. The second-order valence-electron chi connectivity index (χ2n) is 4.87. The van der Waals surface area contributed by atoms with Crippen LogP contribution in [0, 0.1) is 0 Å². The van der Waals surface area contributed by atoms with E-state index in [1.165, 1.54) is 0 Å². The second kappa shape index (κ2) is 4.76. The standard InChI is InChI=1S/C16H16N2O/c1-11(2)18-14-7-8-17-15-10-12(5-6-13(14)15)16-4-3-9-19-16/h3-11H,1-2H3,(H,17,18). The molecular formula is C16H16N2O. The highest BCUT2D eigenvalue weighted by Gasteiger charge is 2.06. The molecule has 1 aromatic carbocycles. The molecule has 0 fully saturated rings. The van der Waals surface area contributed by atoms with Gasteiger partial charge in [0, 0.05) is 28.9 Å². The third-order valence-electron chi connectivity index (χ3n) is 2.99. The first kappa shape index (κ1) is 11.8. The minimum absolute atomic E-state index is 0.398. The van der Waals surface area contributed by atoms with E-state index >= 15 is 0 Å². The van der Waals surface area contributed by atoms with Crippen molar-refractivity contribution >= 4 is 16.6 Å². The molecule has 0 spiro atoms. The summed E-state index contributed by atoms with van der Waals surface area (Å²) < 4.78 is 5.42. The van der Waals surface area contributed by atoms with Crippen LogP contribution in [-0.4, -0.2) is 11.0 Å². The van der Waals surface area contributed by atoms with Gasteiger partial charge in [0.15, 0.2) is 0 Å². The minimum atomic E-state index is 0.398. The summed E-state index contributed by atoms with van der Waals surface area (Å²) in [6, 6.07) is 12.5. The molecule has 0 aliphatic rings. The maximum Gasteiger partial charge on any atom is 0.133 e. The molecule has 0 aliphatic heterocycles. The molecule has 96 valence electrons. The topological polar surface area (TPSA) is 38.1 Å². The Bertz CT molecular complexity index is 687. The first-order valence-corrected chi connectivity index (χ1v) is 6.43. The van der Waals surface area contributed by atoms with E-state index in [0.29, 0.717) is 6.04 Å². The van der Waals surface area contributed by atoms with E-state index in [0.717, 1.165) is 27.9 Å². The number of nitrogens with one attached hydrogen (secondary N) is 1. The van der Waals surface area contributed by atoms with Crippen molar-refractivity contribution < 1.29 is 4.42 Å². The number of fused-ring (bicyclic) bond motifs is 1. The van der Waals surface area contributed by atoms with E-state index in [4.69, 9.17) is 4.42 Å². The molecule has 3 aromatic rings. The van der Waals surface area contributed by atoms with Gasteiger partial charge < -0.3 is 9.73 Å². The SMILES string of the molecule is CC(C)Nc1ccnc2cc(-c3ccco3)ccc12. The van der Waals surface area contributed by atoms with Crippen molar-refractivity contribution in [3.8, 4) is 11.3 Å². The molecule has 0 atom stereocenters. The molecule has 3 nitrogen and oxygen atoms in total. The van der Waals surface area contributed by atoms with Crippen molar-refractivity contribution in [1.82, 2.24) is 4.98 Å². The monoisotopic (exact) mass is 252 g/mol. The molecule has 0 saturated carbocycles. The number of anilines is 1. The Labute approximate surface area is 112 Å². The van der Waals surface area contributed by atoms with Gasteiger partial charge >= 0.3 is 0 Å². The third kappa shape index (κ3) is 2.32. The molecule has 0 amide bonds. The van der Waals surface area contributed by atoms with Gasteiger partial charge in [-0.15, -0.1) is 0 Å². The van der Waals surface area contributed by atoms with Gasteiger partial charge in [0.05, 0.1) is 11.8 Å². The normalized spacial score (nSPS) is 11.1. The van der Waals surface area contributed by atoms with Gasteiger partial charge in [-0.3, -0.25) is 4.98 Å². The summed E-state index contributed by atoms with van der Waals surface area (Å²) in [6.07, 6.45) is 3.52. The Morgan fingerprint density at radius 3 is 2.79 bits per heavy atom. The zero-order valence-corrected chi connectivity index (χ0v) is 11.1. The summed E-state index contributed by atoms with van der Waals surface area (Å²) in [4.78, 5) is 4.44. The lowest BCUT2D eigenvalue weighted by molar-refractivity contribution is 0.582. The predicted octanol–water partition coefficient (Wildman–Crippen LogP) is 4.32. The molecule has 1 N–H and O–H groups in total. The van der Waals surface area contributed by atoms with Gasteiger partial charge in [-0.1, -0.05) is 6.07 Å². The fourth-order valence-corrected chi connectivity index (χ4v) is 2.18. The summed E-state index contributed by atoms with van der Waals surface area (Å²) in [6.45, 7) is 4.26. The first-order valence-electron chi connectivity index (χ1n) is 6.43. The maximum absolute atomic E-state index is 5.42. The molecule has 2 heterocycles. The molecule has 0 radical (unpaired) electrons. The summed E-state index contributed by atoms with van der Waals surface area (Å²) in [7, 11) is 0. The van der Waals surface area contributed by atoms with Crippen LogP contribution in [0.5, 0.6) is 0 Å². The van der Waals surface area contributed by atoms with E-state index in [-0.39, 0.29) is 0 Å². The van der Waals surface area contributed by atoms with Crippen LogP contribution in [-0.2, 0) is 0 Å². The van der Waals surface area contributed by atoms with Crippen LogP contribution in [0.15, 0.2) is 53.3 Å². The Hall–Kier alpha value is -2.29. The molecule has 3 rings (SSSR count). The molecule has 3 heteroatoms. The number of furan rings is 1. The number of aromatic nitrogens is 1. The quantitative estimate of drug-likeness (QED) is 0.754. The van der Waals surface area contributed by atoms with Gasteiger partial charge in [-0.25, -0.2) is 0 Å². The average molecular weight is 252 g/mol. The number of nitrogens with zero attached hydrogens (tertiary/aromatic N) is 1. The van der Waals surface area contributed by atoms with E-state index < -0.39 is 0 Å². The van der Waals surface area contributed by atoms with Crippen LogP contribution >= 0.6 is 0 Å². The van der Waals surface area contributed by atoms with Crippen LogP contribution in [0.25, 0.3) is 22.2 Å². The fraction of sp³-hybridized carbons (Fsp3) is 0.188. The van der Waals surface area contributed by atoms with Crippen LogP contribution in [0.4, 0.5) is 5.69 Å². The zero-order valence-electron chi connectivity index (χ0n) is 11.1. The van der Waals surface area contributed by atoms with Crippen LogP contribution < -0.4 is 5.32 Å². The number of hydrogen-bond donors (Lipinski definition) is 1. The van der Waals surface area contributed by atoms with Gasteiger partial charge in [0.2, 0.25) is 0 Å². The fourth-order valence-electron chi connectivity index (χ4n) is 2.18. The van der Waals surface area contributed by atoms with Gasteiger partial charge in [-0.05, 0) is 44.2 Å². The highest BCUT2D eigenvalue weighted by Crippen LogP contribution is 2.27. The number of hydrogen-bond acceptors (Lipinski definition) is 3. The van der Waals surface area contributed by atoms with Crippen LogP contribution in [0.1, 0.15) is 13.8 Å². The molecule has 19 heavy (non-hydrogen) atoms. The largest absolute Gasteiger partial charge is 0.464 e. The van der Waals surface area contributed by atoms with Crippen molar-refractivity contribution in [2.24, 2.45) is 0 Å². The maximum atomic E-state index is 5.42. The molecule has 2 aromatic heterocycles. The Morgan fingerprint density at radius 1 is 1.16 bits per heavy atom. The summed E-state index contributed by atoms with van der Waals surface area (Å²) >= 11 is 0. The number of rotatable bonds is 3. The smallest absolute Gasteiger partial charge is 0.133 e. The van der Waals surface area contributed by atoms with Crippen molar-refractivity contribution in [3.05, 3.63) is 48.9 Å². The third-order valence-corrected chi connectivity index (χ3v) is 2.99. The van der Waals surface area contributed by atoms with E-state index in [9.17, 15) is 0 Å². The van der Waals surface area contributed by atoms with Crippen LogP contribution in [0.3, 0.4) is 0 Å². The van der Waals surface area contributed by atoms with Crippen molar-refractivity contribution in [1.29, 1.82) is 0 Å². The first-order chi connectivity index (χ1) is 9.24. The summed E-state index contributed by atoms with van der Waals surface area (Å²) in [5.41, 5.74) is 3.14.